The van der Waals surface area contributed by atoms with Crippen molar-refractivity contribution in [2.75, 3.05) is 13.2 Å². The number of hydrogen-bond acceptors (Lipinski definition) is 3. The molecule has 0 unspecified atom stereocenters. The van der Waals surface area contributed by atoms with Crippen molar-refractivity contribution in [1.82, 2.24) is 0 Å². The van der Waals surface area contributed by atoms with Gasteiger partial charge in [-0.15, -0.1) is 0 Å². The van der Waals surface area contributed by atoms with E-state index in [0.29, 0.717) is 12.8 Å². The van der Waals surface area contributed by atoms with Gasteiger partial charge in [0, 0.05) is 12.8 Å². The van der Waals surface area contributed by atoms with Crippen molar-refractivity contribution in [2.24, 2.45) is 0 Å². The molecule has 3 nitrogen and oxygen atoms in total. The van der Waals surface area contributed by atoms with E-state index in [4.69, 9.17) is 9.47 Å². The zero-order valence-corrected chi connectivity index (χ0v) is 8.91. The molecule has 0 aliphatic carbocycles. The number of ketones is 1. The first-order valence-corrected chi connectivity index (χ1v) is 5.09. The van der Waals surface area contributed by atoms with Crippen LogP contribution in [0.5, 0.6) is 0 Å². The Kier molecular flexibility index (Phi) is 4.84. The second kappa shape index (κ2) is 5.94. The summed E-state index contributed by atoms with van der Waals surface area (Å²) in [5, 5.41) is 0. The molecule has 1 heterocycles. The van der Waals surface area contributed by atoms with Gasteiger partial charge in [-0.25, -0.2) is 0 Å². The van der Waals surface area contributed by atoms with Gasteiger partial charge in [0.15, 0.2) is 12.1 Å². The normalized spacial score (nSPS) is 17.9. The van der Waals surface area contributed by atoms with Gasteiger partial charge in [0.25, 0.3) is 0 Å². The third-order valence-electron chi connectivity index (χ3n) is 1.97. The van der Waals surface area contributed by atoms with Crippen LogP contribution in [-0.2, 0) is 14.3 Å². The summed E-state index contributed by atoms with van der Waals surface area (Å²) in [7, 11) is 0. The maximum Gasteiger partial charge on any atom is 0.158 e. The van der Waals surface area contributed by atoms with Crippen LogP contribution in [0.2, 0.25) is 0 Å². The molecule has 0 aromatic rings. The van der Waals surface area contributed by atoms with Crippen LogP contribution in [0.4, 0.5) is 0 Å². The Balaban J connectivity index is 2.19. The summed E-state index contributed by atoms with van der Waals surface area (Å²) in [6, 6.07) is 0. The highest BCUT2D eigenvalue weighted by molar-refractivity contribution is 5.90. The minimum Gasteiger partial charge on any atom is -0.353 e. The van der Waals surface area contributed by atoms with E-state index in [0.717, 1.165) is 25.2 Å². The molecule has 1 rings (SSSR count). The van der Waals surface area contributed by atoms with Gasteiger partial charge in [-0.3, -0.25) is 4.79 Å². The van der Waals surface area contributed by atoms with Gasteiger partial charge in [-0.05, 0) is 26.3 Å². The zero-order chi connectivity index (χ0) is 10.4. The fourth-order valence-electron chi connectivity index (χ4n) is 1.36. The molecule has 14 heavy (non-hydrogen) atoms. The van der Waals surface area contributed by atoms with Crippen LogP contribution in [0.15, 0.2) is 11.6 Å². The molecule has 0 amide bonds. The Morgan fingerprint density at radius 2 is 2.00 bits per heavy atom. The second-order valence-electron chi connectivity index (χ2n) is 3.75. The molecular formula is C11H18O3. The van der Waals surface area contributed by atoms with Crippen LogP contribution >= 0.6 is 0 Å². The Bertz CT molecular complexity index is 211. The number of carbonyl (C=O) groups excluding carboxylic acids is 1. The van der Waals surface area contributed by atoms with Gasteiger partial charge in [0.2, 0.25) is 0 Å². The Hall–Kier alpha value is -0.670. The first kappa shape index (κ1) is 11.4. The number of allylic oxidation sites excluding steroid dienone is 2. The molecule has 1 aliphatic rings. The predicted molar refractivity (Wildman–Crippen MR) is 54.0 cm³/mol. The maximum absolute atomic E-state index is 11.3. The quantitative estimate of drug-likeness (QED) is 0.649. The van der Waals surface area contributed by atoms with Crippen LogP contribution in [-0.4, -0.2) is 25.3 Å². The average molecular weight is 198 g/mol. The lowest BCUT2D eigenvalue weighted by Crippen LogP contribution is -2.25. The van der Waals surface area contributed by atoms with Crippen LogP contribution < -0.4 is 0 Å². The van der Waals surface area contributed by atoms with Crippen LogP contribution in [0, 0.1) is 0 Å². The van der Waals surface area contributed by atoms with Gasteiger partial charge < -0.3 is 9.47 Å². The van der Waals surface area contributed by atoms with Gasteiger partial charge in [-0.2, -0.15) is 0 Å². The molecule has 0 bridgehead atoms. The maximum atomic E-state index is 11.3. The SMILES string of the molecule is CC(C)=CC(=O)CCC1OCCCO1. The van der Waals surface area contributed by atoms with E-state index in [1.807, 2.05) is 13.8 Å². The smallest absolute Gasteiger partial charge is 0.158 e. The molecule has 0 N–H and O–H groups in total. The molecule has 0 spiro atoms. The van der Waals surface area contributed by atoms with Crippen molar-refractivity contribution in [3.8, 4) is 0 Å². The zero-order valence-electron chi connectivity index (χ0n) is 8.91. The predicted octanol–water partition coefficient (Wildman–Crippen LogP) is 2.06. The van der Waals surface area contributed by atoms with Crippen molar-refractivity contribution < 1.29 is 14.3 Å². The average Bonchev–Trinajstić information content (AvgIpc) is 2.15. The summed E-state index contributed by atoms with van der Waals surface area (Å²) >= 11 is 0. The van der Waals surface area contributed by atoms with Gasteiger partial charge in [0.1, 0.15) is 0 Å². The fraction of sp³-hybridized carbons (Fsp3) is 0.727. The fourth-order valence-corrected chi connectivity index (χ4v) is 1.36. The standard InChI is InChI=1S/C11H18O3/c1-9(2)8-10(12)4-5-11-13-6-3-7-14-11/h8,11H,3-7H2,1-2H3. The minimum absolute atomic E-state index is 0.155. The summed E-state index contributed by atoms with van der Waals surface area (Å²) < 4.78 is 10.7. The molecule has 0 atom stereocenters. The van der Waals surface area contributed by atoms with Crippen molar-refractivity contribution >= 4 is 5.78 Å². The third kappa shape index (κ3) is 4.53. The largest absolute Gasteiger partial charge is 0.353 e. The number of rotatable bonds is 4. The highest BCUT2D eigenvalue weighted by Crippen LogP contribution is 2.11. The third-order valence-corrected chi connectivity index (χ3v) is 1.97. The Morgan fingerprint density at radius 1 is 1.36 bits per heavy atom. The summed E-state index contributed by atoms with van der Waals surface area (Å²) in [4.78, 5) is 11.3. The van der Waals surface area contributed by atoms with Crippen LogP contribution in [0.3, 0.4) is 0 Å². The molecule has 1 fully saturated rings. The lowest BCUT2D eigenvalue weighted by Gasteiger charge is -2.22. The van der Waals surface area contributed by atoms with E-state index >= 15 is 0 Å². The monoisotopic (exact) mass is 198 g/mol. The van der Waals surface area contributed by atoms with Gasteiger partial charge in [0.05, 0.1) is 13.2 Å². The first-order chi connectivity index (χ1) is 6.68. The molecule has 1 aliphatic heterocycles. The van der Waals surface area contributed by atoms with E-state index in [9.17, 15) is 4.79 Å². The van der Waals surface area contributed by atoms with Crippen molar-refractivity contribution in [3.05, 3.63) is 11.6 Å². The number of hydrogen-bond donors (Lipinski definition) is 0. The highest BCUT2D eigenvalue weighted by atomic mass is 16.7. The number of ether oxygens (including phenoxy) is 2. The van der Waals surface area contributed by atoms with E-state index in [-0.39, 0.29) is 12.1 Å². The van der Waals surface area contributed by atoms with E-state index < -0.39 is 0 Å². The summed E-state index contributed by atoms with van der Waals surface area (Å²) in [5.41, 5.74) is 1.04. The second-order valence-corrected chi connectivity index (χ2v) is 3.75. The molecule has 80 valence electrons. The van der Waals surface area contributed by atoms with Crippen molar-refractivity contribution in [1.29, 1.82) is 0 Å². The minimum atomic E-state index is -0.168. The lowest BCUT2D eigenvalue weighted by molar-refractivity contribution is -0.181. The molecule has 0 aromatic carbocycles. The first-order valence-electron chi connectivity index (χ1n) is 5.09. The molecule has 3 heteroatoms. The highest BCUT2D eigenvalue weighted by Gasteiger charge is 2.14. The molecule has 0 saturated carbocycles. The topological polar surface area (TPSA) is 35.5 Å². The van der Waals surface area contributed by atoms with Crippen LogP contribution in [0.1, 0.15) is 33.1 Å². The number of carbonyl (C=O) groups is 1. The van der Waals surface area contributed by atoms with Crippen LogP contribution in [0.25, 0.3) is 0 Å². The summed E-state index contributed by atoms with van der Waals surface area (Å²) in [6.45, 7) is 5.35. The molecule has 1 saturated heterocycles. The van der Waals surface area contributed by atoms with Gasteiger partial charge in [-0.1, -0.05) is 5.57 Å². The molecule has 0 aromatic heterocycles. The molecular weight excluding hydrogens is 180 g/mol. The van der Waals surface area contributed by atoms with E-state index in [1.165, 1.54) is 0 Å². The lowest BCUT2D eigenvalue weighted by atomic mass is 10.1. The van der Waals surface area contributed by atoms with E-state index in [1.54, 1.807) is 6.08 Å². The van der Waals surface area contributed by atoms with Crippen molar-refractivity contribution in [3.63, 3.8) is 0 Å². The van der Waals surface area contributed by atoms with Crippen molar-refractivity contribution in [2.45, 2.75) is 39.4 Å². The Morgan fingerprint density at radius 3 is 2.57 bits per heavy atom. The summed E-state index contributed by atoms with van der Waals surface area (Å²) in [5.74, 6) is 0.155. The van der Waals surface area contributed by atoms with Gasteiger partial charge >= 0.3 is 0 Å². The Labute approximate surface area is 85.1 Å². The summed E-state index contributed by atoms with van der Waals surface area (Å²) in [6.07, 6.45) is 3.64. The van der Waals surface area contributed by atoms with E-state index in [2.05, 4.69) is 0 Å². The molecule has 0 radical (unpaired) electrons.